The van der Waals surface area contributed by atoms with Gasteiger partial charge < -0.3 is 10.0 Å². The fraction of sp³-hybridized carbons (Fsp3) is 0.571. The number of hydrogen-bond acceptors (Lipinski definition) is 2. The molecule has 0 amide bonds. The summed E-state index contributed by atoms with van der Waals surface area (Å²) in [5.74, 6) is 1.14. The highest BCUT2D eigenvalue weighted by Crippen LogP contribution is 2.29. The molecule has 2 rings (SSSR count). The summed E-state index contributed by atoms with van der Waals surface area (Å²) in [6.07, 6.45) is 2.30. The quantitative estimate of drug-likeness (QED) is 0.841. The van der Waals surface area contributed by atoms with Crippen LogP contribution >= 0.6 is 0 Å². The van der Waals surface area contributed by atoms with E-state index >= 15 is 0 Å². The van der Waals surface area contributed by atoms with Crippen LogP contribution in [0.4, 0.5) is 0 Å². The van der Waals surface area contributed by atoms with Crippen molar-refractivity contribution >= 4 is 0 Å². The molecule has 88 valence electrons. The zero-order chi connectivity index (χ0) is 11.5. The molecule has 1 unspecified atom stereocenters. The summed E-state index contributed by atoms with van der Waals surface area (Å²) >= 11 is 0. The molecule has 0 saturated carbocycles. The minimum absolute atomic E-state index is 0.405. The minimum atomic E-state index is 0.405. The van der Waals surface area contributed by atoms with Crippen molar-refractivity contribution < 1.29 is 5.11 Å². The highest BCUT2D eigenvalue weighted by Gasteiger charge is 2.22. The standard InChI is InChI=1S/C14H21NO/c1-3-15(4-2)10-11-7-12-5-6-14(16)9-13(12)8-11/h5-6,9,11,16H,3-4,7-8,10H2,1-2H3. The van der Waals surface area contributed by atoms with Gasteiger partial charge in [-0.3, -0.25) is 0 Å². The van der Waals surface area contributed by atoms with E-state index in [4.69, 9.17) is 0 Å². The third-order valence-corrected chi connectivity index (χ3v) is 3.62. The Morgan fingerprint density at radius 3 is 2.56 bits per heavy atom. The van der Waals surface area contributed by atoms with Crippen molar-refractivity contribution in [2.75, 3.05) is 19.6 Å². The zero-order valence-electron chi connectivity index (χ0n) is 10.2. The Balaban J connectivity index is 2.00. The average molecular weight is 219 g/mol. The largest absolute Gasteiger partial charge is 0.508 e. The van der Waals surface area contributed by atoms with Crippen molar-refractivity contribution in [2.45, 2.75) is 26.7 Å². The Kier molecular flexibility index (Phi) is 3.49. The Morgan fingerprint density at radius 1 is 1.19 bits per heavy atom. The number of fused-ring (bicyclic) bond motifs is 1. The van der Waals surface area contributed by atoms with Crippen molar-refractivity contribution in [2.24, 2.45) is 5.92 Å². The van der Waals surface area contributed by atoms with Crippen LogP contribution in [0.15, 0.2) is 18.2 Å². The predicted octanol–water partition coefficient (Wildman–Crippen LogP) is 2.45. The zero-order valence-corrected chi connectivity index (χ0v) is 10.2. The summed E-state index contributed by atoms with van der Waals surface area (Å²) in [5, 5.41) is 9.45. The number of rotatable bonds is 4. The summed E-state index contributed by atoms with van der Waals surface area (Å²) in [7, 11) is 0. The summed E-state index contributed by atoms with van der Waals surface area (Å²) in [6.45, 7) is 7.89. The van der Waals surface area contributed by atoms with E-state index in [0.29, 0.717) is 5.75 Å². The first-order valence-corrected chi connectivity index (χ1v) is 6.26. The molecule has 0 heterocycles. The van der Waals surface area contributed by atoms with Crippen molar-refractivity contribution in [3.63, 3.8) is 0 Å². The first-order chi connectivity index (χ1) is 7.72. The van der Waals surface area contributed by atoms with Gasteiger partial charge >= 0.3 is 0 Å². The maximum atomic E-state index is 9.45. The van der Waals surface area contributed by atoms with Crippen molar-refractivity contribution in [3.05, 3.63) is 29.3 Å². The average Bonchev–Trinajstić information content (AvgIpc) is 2.67. The number of phenolic OH excluding ortho intramolecular Hbond substituents is 1. The molecule has 0 saturated heterocycles. The van der Waals surface area contributed by atoms with Crippen LogP contribution in [0.2, 0.25) is 0 Å². The summed E-state index contributed by atoms with van der Waals surface area (Å²) < 4.78 is 0. The lowest BCUT2D eigenvalue weighted by Crippen LogP contribution is -2.29. The molecule has 0 radical (unpaired) electrons. The number of phenols is 1. The molecule has 0 fully saturated rings. The Morgan fingerprint density at radius 2 is 1.88 bits per heavy atom. The molecule has 16 heavy (non-hydrogen) atoms. The van der Waals surface area contributed by atoms with Crippen LogP contribution in [-0.4, -0.2) is 29.6 Å². The van der Waals surface area contributed by atoms with Crippen LogP contribution in [0.5, 0.6) is 5.75 Å². The molecule has 0 aliphatic heterocycles. The van der Waals surface area contributed by atoms with E-state index in [0.717, 1.165) is 25.4 Å². The van der Waals surface area contributed by atoms with Crippen LogP contribution in [0, 0.1) is 5.92 Å². The lowest BCUT2D eigenvalue weighted by atomic mass is 10.1. The lowest BCUT2D eigenvalue weighted by molar-refractivity contribution is 0.256. The second-order valence-corrected chi connectivity index (χ2v) is 4.71. The van der Waals surface area contributed by atoms with Crippen molar-refractivity contribution in [3.8, 4) is 5.75 Å². The third kappa shape index (κ3) is 2.38. The van der Waals surface area contributed by atoms with Gasteiger partial charge in [0.15, 0.2) is 0 Å². The molecule has 2 heteroatoms. The van der Waals surface area contributed by atoms with Crippen molar-refractivity contribution in [1.29, 1.82) is 0 Å². The molecule has 0 aromatic heterocycles. The monoisotopic (exact) mass is 219 g/mol. The Hall–Kier alpha value is -1.02. The van der Waals surface area contributed by atoms with Gasteiger partial charge in [0, 0.05) is 6.54 Å². The van der Waals surface area contributed by atoms with Gasteiger partial charge in [-0.25, -0.2) is 0 Å². The van der Waals surface area contributed by atoms with Gasteiger partial charge in [-0.15, -0.1) is 0 Å². The van der Waals surface area contributed by atoms with Gasteiger partial charge in [0.1, 0.15) is 5.75 Å². The second-order valence-electron chi connectivity index (χ2n) is 4.71. The summed E-state index contributed by atoms with van der Waals surface area (Å²) in [5.41, 5.74) is 2.77. The molecule has 1 aliphatic carbocycles. The maximum absolute atomic E-state index is 9.45. The van der Waals surface area contributed by atoms with Crippen LogP contribution in [0.1, 0.15) is 25.0 Å². The van der Waals surface area contributed by atoms with E-state index in [-0.39, 0.29) is 0 Å². The number of nitrogens with zero attached hydrogens (tertiary/aromatic N) is 1. The molecule has 2 nitrogen and oxygen atoms in total. The fourth-order valence-corrected chi connectivity index (χ4v) is 2.67. The summed E-state index contributed by atoms with van der Waals surface area (Å²) in [6, 6.07) is 5.81. The Labute approximate surface area is 97.9 Å². The molecular weight excluding hydrogens is 198 g/mol. The minimum Gasteiger partial charge on any atom is -0.508 e. The molecule has 1 aromatic carbocycles. The van der Waals surface area contributed by atoms with Crippen LogP contribution in [0.25, 0.3) is 0 Å². The predicted molar refractivity (Wildman–Crippen MR) is 66.8 cm³/mol. The third-order valence-electron chi connectivity index (χ3n) is 3.62. The first-order valence-electron chi connectivity index (χ1n) is 6.26. The highest BCUT2D eigenvalue weighted by atomic mass is 16.3. The van der Waals surface area contributed by atoms with Gasteiger partial charge in [-0.2, -0.15) is 0 Å². The lowest BCUT2D eigenvalue weighted by Gasteiger charge is -2.21. The van der Waals surface area contributed by atoms with E-state index < -0.39 is 0 Å². The second kappa shape index (κ2) is 4.88. The van der Waals surface area contributed by atoms with E-state index in [1.54, 1.807) is 6.07 Å². The smallest absolute Gasteiger partial charge is 0.115 e. The molecule has 0 spiro atoms. The normalized spacial score (nSPS) is 19.1. The van der Waals surface area contributed by atoms with Gasteiger partial charge in [-0.05, 0) is 55.1 Å². The van der Waals surface area contributed by atoms with E-state index in [1.807, 2.05) is 6.07 Å². The van der Waals surface area contributed by atoms with Gasteiger partial charge in [0.25, 0.3) is 0 Å². The van der Waals surface area contributed by atoms with Gasteiger partial charge in [0.05, 0.1) is 0 Å². The van der Waals surface area contributed by atoms with E-state index in [1.165, 1.54) is 24.1 Å². The van der Waals surface area contributed by atoms with Gasteiger partial charge in [0.2, 0.25) is 0 Å². The summed E-state index contributed by atoms with van der Waals surface area (Å²) in [4.78, 5) is 2.48. The van der Waals surface area contributed by atoms with E-state index in [2.05, 4.69) is 24.8 Å². The number of hydrogen-bond donors (Lipinski definition) is 1. The van der Waals surface area contributed by atoms with Crippen molar-refractivity contribution in [1.82, 2.24) is 4.90 Å². The Bertz CT molecular complexity index is 358. The molecule has 1 aliphatic rings. The molecule has 0 bridgehead atoms. The first kappa shape index (κ1) is 11.5. The SMILES string of the molecule is CCN(CC)CC1Cc2ccc(O)cc2C1. The van der Waals surface area contributed by atoms with Gasteiger partial charge in [-0.1, -0.05) is 19.9 Å². The van der Waals surface area contributed by atoms with Crippen LogP contribution < -0.4 is 0 Å². The van der Waals surface area contributed by atoms with E-state index in [9.17, 15) is 5.11 Å². The fourth-order valence-electron chi connectivity index (χ4n) is 2.67. The molecular formula is C14H21NO. The number of aromatic hydroxyl groups is 1. The molecule has 1 aromatic rings. The molecule has 1 atom stereocenters. The van der Waals surface area contributed by atoms with Crippen LogP contribution in [0.3, 0.4) is 0 Å². The number of benzene rings is 1. The highest BCUT2D eigenvalue weighted by molar-refractivity contribution is 5.38. The van der Waals surface area contributed by atoms with Crippen LogP contribution in [-0.2, 0) is 12.8 Å². The molecule has 1 N–H and O–H groups in total. The topological polar surface area (TPSA) is 23.5 Å². The maximum Gasteiger partial charge on any atom is 0.115 e.